The molecular weight excluding hydrogens is 406 g/mol. The van der Waals surface area contributed by atoms with Crippen LogP contribution in [-0.4, -0.2) is 61.7 Å². The summed E-state index contributed by atoms with van der Waals surface area (Å²) in [5, 5.41) is 2.84. The molecule has 2 fully saturated rings. The fourth-order valence-corrected chi connectivity index (χ4v) is 5.62. The third-order valence-corrected chi connectivity index (χ3v) is 7.82. The van der Waals surface area contributed by atoms with Crippen molar-refractivity contribution in [1.82, 2.24) is 8.61 Å². The highest BCUT2D eigenvalue weighted by molar-refractivity contribution is 7.86. The number of carbonyl (C=O) groups excluding carboxylic acids is 2. The number of ether oxygens (including phenoxy) is 1. The Morgan fingerprint density at radius 2 is 1.73 bits per heavy atom. The third-order valence-electron chi connectivity index (χ3n) is 5.81. The van der Waals surface area contributed by atoms with Crippen molar-refractivity contribution in [3.8, 4) is 0 Å². The highest BCUT2D eigenvalue weighted by Gasteiger charge is 2.37. The van der Waals surface area contributed by atoms with E-state index in [9.17, 15) is 18.0 Å². The van der Waals surface area contributed by atoms with E-state index in [1.807, 2.05) is 0 Å². The van der Waals surface area contributed by atoms with E-state index in [0.717, 1.165) is 12.8 Å². The summed E-state index contributed by atoms with van der Waals surface area (Å²) < 4.78 is 34.0. The number of nitrogens with zero attached hydrogens (tertiary/aromatic N) is 2. The van der Waals surface area contributed by atoms with Crippen molar-refractivity contribution >= 4 is 27.8 Å². The van der Waals surface area contributed by atoms with Crippen molar-refractivity contribution in [2.24, 2.45) is 11.8 Å². The molecule has 30 heavy (non-hydrogen) atoms. The molecule has 0 spiro atoms. The van der Waals surface area contributed by atoms with Crippen molar-refractivity contribution in [3.63, 3.8) is 0 Å². The van der Waals surface area contributed by atoms with Crippen LogP contribution in [0.1, 0.15) is 49.9 Å². The Balaban J connectivity index is 1.59. The maximum atomic E-state index is 13.0. The van der Waals surface area contributed by atoms with Gasteiger partial charge in [0.05, 0.1) is 18.1 Å². The molecule has 1 unspecified atom stereocenters. The average Bonchev–Trinajstić information content (AvgIpc) is 2.75. The predicted octanol–water partition coefficient (Wildman–Crippen LogP) is 2.49. The number of anilines is 1. The number of nitrogens with one attached hydrogen (secondary N) is 1. The van der Waals surface area contributed by atoms with Gasteiger partial charge in [-0.3, -0.25) is 4.79 Å². The second kappa shape index (κ2) is 9.89. The zero-order valence-electron chi connectivity index (χ0n) is 17.7. The van der Waals surface area contributed by atoms with Crippen LogP contribution in [0.4, 0.5) is 5.69 Å². The summed E-state index contributed by atoms with van der Waals surface area (Å²) in [6.45, 7) is 5.92. The maximum Gasteiger partial charge on any atom is 0.338 e. The number of hydrogen-bond donors (Lipinski definition) is 1. The van der Waals surface area contributed by atoms with Crippen LogP contribution in [0.5, 0.6) is 0 Å². The lowest BCUT2D eigenvalue weighted by atomic mass is 9.98. The van der Waals surface area contributed by atoms with Gasteiger partial charge >= 0.3 is 5.97 Å². The summed E-state index contributed by atoms with van der Waals surface area (Å²) in [5.74, 6) is -0.463. The molecular formula is C21H31N3O5S. The minimum atomic E-state index is -3.53. The standard InChI is InChI=1S/C21H31N3O5S/c1-3-29-21(26)17-6-8-19(9-7-17)22-20(25)18-5-4-12-24(15-18)30(27,28)23-13-10-16(2)11-14-23/h6-9,16,18H,3-5,10-15H2,1-2H3,(H,22,25). The Bertz CT molecular complexity index is 848. The lowest BCUT2D eigenvalue weighted by Gasteiger charge is -2.37. The molecule has 3 rings (SSSR count). The molecule has 0 saturated carbocycles. The summed E-state index contributed by atoms with van der Waals surface area (Å²) in [6, 6.07) is 6.50. The first-order valence-electron chi connectivity index (χ1n) is 10.6. The number of benzene rings is 1. The summed E-state index contributed by atoms with van der Waals surface area (Å²) in [7, 11) is -3.53. The van der Waals surface area contributed by atoms with Crippen LogP contribution in [0.3, 0.4) is 0 Å². The molecule has 2 aliphatic heterocycles. The SMILES string of the molecule is CCOC(=O)c1ccc(NC(=O)C2CCCN(S(=O)(=O)N3CCC(C)CC3)C2)cc1. The molecule has 0 radical (unpaired) electrons. The van der Waals surface area contributed by atoms with Crippen LogP contribution in [0, 0.1) is 11.8 Å². The Kier molecular flexibility index (Phi) is 7.49. The van der Waals surface area contributed by atoms with E-state index in [2.05, 4.69) is 12.2 Å². The van der Waals surface area contributed by atoms with Gasteiger partial charge in [-0.25, -0.2) is 4.79 Å². The van der Waals surface area contributed by atoms with Gasteiger partial charge in [-0.2, -0.15) is 17.0 Å². The first-order chi connectivity index (χ1) is 14.3. The highest BCUT2D eigenvalue weighted by Crippen LogP contribution is 2.26. The number of hydrogen-bond acceptors (Lipinski definition) is 5. The van der Waals surface area contributed by atoms with Crippen molar-refractivity contribution < 1.29 is 22.7 Å². The number of carbonyl (C=O) groups is 2. The average molecular weight is 438 g/mol. The van der Waals surface area contributed by atoms with E-state index >= 15 is 0 Å². The second-order valence-corrected chi connectivity index (χ2v) is 10.0. The van der Waals surface area contributed by atoms with Gasteiger partial charge in [-0.15, -0.1) is 0 Å². The largest absolute Gasteiger partial charge is 0.462 e. The minimum absolute atomic E-state index is 0.196. The molecule has 0 aromatic heterocycles. The van der Waals surface area contributed by atoms with Gasteiger partial charge in [0.2, 0.25) is 5.91 Å². The fourth-order valence-electron chi connectivity index (χ4n) is 3.89. The maximum absolute atomic E-state index is 13.0. The van der Waals surface area contributed by atoms with Gasteiger partial charge in [0.1, 0.15) is 0 Å². The quantitative estimate of drug-likeness (QED) is 0.690. The lowest BCUT2D eigenvalue weighted by molar-refractivity contribution is -0.120. The van der Waals surface area contributed by atoms with Crippen molar-refractivity contribution in [1.29, 1.82) is 0 Å². The number of esters is 1. The Hall–Kier alpha value is -1.97. The monoisotopic (exact) mass is 437 g/mol. The Morgan fingerprint density at radius 1 is 1.07 bits per heavy atom. The van der Waals surface area contributed by atoms with Crippen molar-refractivity contribution in [2.45, 2.75) is 39.5 Å². The van der Waals surface area contributed by atoms with E-state index < -0.39 is 22.1 Å². The highest BCUT2D eigenvalue weighted by atomic mass is 32.2. The molecule has 2 heterocycles. The number of amides is 1. The lowest BCUT2D eigenvalue weighted by Crippen LogP contribution is -2.51. The molecule has 2 aliphatic rings. The molecule has 1 aromatic rings. The summed E-state index contributed by atoms with van der Waals surface area (Å²) in [4.78, 5) is 24.5. The van der Waals surface area contributed by atoms with Gasteiger partial charge in [0.25, 0.3) is 10.2 Å². The van der Waals surface area contributed by atoms with Crippen LogP contribution in [0.25, 0.3) is 0 Å². The first-order valence-corrected chi connectivity index (χ1v) is 12.0. The zero-order valence-corrected chi connectivity index (χ0v) is 18.5. The molecule has 1 N–H and O–H groups in total. The topological polar surface area (TPSA) is 96.0 Å². The number of rotatable bonds is 6. The van der Waals surface area contributed by atoms with Gasteiger partial charge in [0.15, 0.2) is 0 Å². The van der Waals surface area contributed by atoms with Crippen LogP contribution >= 0.6 is 0 Å². The normalized spacial score (nSPS) is 21.9. The molecule has 8 nitrogen and oxygen atoms in total. The van der Waals surface area contributed by atoms with E-state index in [0.29, 0.717) is 56.3 Å². The van der Waals surface area contributed by atoms with E-state index in [1.165, 1.54) is 4.31 Å². The van der Waals surface area contributed by atoms with Gasteiger partial charge in [0, 0.05) is 31.9 Å². The van der Waals surface area contributed by atoms with Crippen molar-refractivity contribution in [2.75, 3.05) is 38.1 Å². The molecule has 1 atom stereocenters. The fraction of sp³-hybridized carbons (Fsp3) is 0.619. The summed E-state index contributed by atoms with van der Waals surface area (Å²) >= 11 is 0. The molecule has 9 heteroatoms. The third kappa shape index (κ3) is 5.39. The van der Waals surface area contributed by atoms with Crippen LogP contribution < -0.4 is 5.32 Å². The molecule has 0 aliphatic carbocycles. The molecule has 1 aromatic carbocycles. The van der Waals surface area contributed by atoms with E-state index in [-0.39, 0.29) is 12.5 Å². The van der Waals surface area contributed by atoms with E-state index in [1.54, 1.807) is 35.5 Å². The minimum Gasteiger partial charge on any atom is -0.462 e. The van der Waals surface area contributed by atoms with Gasteiger partial charge in [-0.1, -0.05) is 6.92 Å². The second-order valence-electron chi connectivity index (χ2n) is 8.07. The smallest absolute Gasteiger partial charge is 0.338 e. The van der Waals surface area contributed by atoms with Crippen LogP contribution in [0.15, 0.2) is 24.3 Å². The van der Waals surface area contributed by atoms with Crippen LogP contribution in [0.2, 0.25) is 0 Å². The van der Waals surface area contributed by atoms with Crippen molar-refractivity contribution in [3.05, 3.63) is 29.8 Å². The van der Waals surface area contributed by atoms with Gasteiger partial charge in [-0.05, 0) is 62.8 Å². The first kappa shape index (κ1) is 22.7. The molecule has 166 valence electrons. The Labute approximate surface area is 178 Å². The van der Waals surface area contributed by atoms with Gasteiger partial charge < -0.3 is 10.1 Å². The summed E-state index contributed by atoms with van der Waals surface area (Å²) in [6.07, 6.45) is 3.05. The Morgan fingerprint density at radius 3 is 2.37 bits per heavy atom. The zero-order chi connectivity index (χ0) is 21.7. The predicted molar refractivity (Wildman–Crippen MR) is 114 cm³/mol. The molecule has 2 saturated heterocycles. The molecule has 1 amide bonds. The summed E-state index contributed by atoms with van der Waals surface area (Å²) in [5.41, 5.74) is 0.985. The molecule has 0 bridgehead atoms. The van der Waals surface area contributed by atoms with E-state index in [4.69, 9.17) is 4.74 Å². The van der Waals surface area contributed by atoms with Crippen LogP contribution in [-0.2, 0) is 19.7 Å². The number of piperidine rings is 2.